The van der Waals surface area contributed by atoms with Gasteiger partial charge in [0.05, 0.1) is 19.1 Å². The summed E-state index contributed by atoms with van der Waals surface area (Å²) >= 11 is 0. The van der Waals surface area contributed by atoms with Crippen molar-refractivity contribution < 1.29 is 17.9 Å². The normalized spacial score (nSPS) is 10.9. The Labute approximate surface area is 164 Å². The quantitative estimate of drug-likeness (QED) is 0.602. The standard InChI is InChI=1S/C20H21N3O4S/c1-26-19-10-9-18(12-20(19)27-2)28(24,25)23-17-7-5-16(6-8-17)22-14-15-4-3-11-21-13-15/h3-13,22-23H,14H2,1-2H3. The van der Waals surface area contributed by atoms with E-state index in [4.69, 9.17) is 9.47 Å². The summed E-state index contributed by atoms with van der Waals surface area (Å²) in [5, 5.41) is 3.26. The van der Waals surface area contributed by atoms with Gasteiger partial charge in [0.15, 0.2) is 11.5 Å². The summed E-state index contributed by atoms with van der Waals surface area (Å²) in [6.07, 6.45) is 3.52. The van der Waals surface area contributed by atoms with Crippen LogP contribution in [0.4, 0.5) is 11.4 Å². The molecule has 3 aromatic rings. The van der Waals surface area contributed by atoms with E-state index in [1.165, 1.54) is 26.4 Å². The summed E-state index contributed by atoms with van der Waals surface area (Å²) in [5.41, 5.74) is 2.39. The van der Waals surface area contributed by atoms with Gasteiger partial charge in [-0.1, -0.05) is 6.07 Å². The fraction of sp³-hybridized carbons (Fsp3) is 0.150. The van der Waals surface area contributed by atoms with Gasteiger partial charge in [-0.15, -0.1) is 0 Å². The number of pyridine rings is 1. The zero-order chi connectivity index (χ0) is 20.0. The number of sulfonamides is 1. The minimum absolute atomic E-state index is 0.0870. The van der Waals surface area contributed by atoms with Crippen molar-refractivity contribution in [3.8, 4) is 11.5 Å². The maximum Gasteiger partial charge on any atom is 0.262 e. The maximum absolute atomic E-state index is 12.6. The zero-order valence-corrected chi connectivity index (χ0v) is 16.4. The van der Waals surface area contributed by atoms with Gasteiger partial charge in [0.1, 0.15) is 0 Å². The maximum atomic E-state index is 12.6. The van der Waals surface area contributed by atoms with Crippen LogP contribution in [-0.2, 0) is 16.6 Å². The molecule has 0 spiro atoms. The van der Waals surface area contributed by atoms with E-state index < -0.39 is 10.0 Å². The Morgan fingerprint density at radius 2 is 1.64 bits per heavy atom. The fourth-order valence-electron chi connectivity index (χ4n) is 2.56. The van der Waals surface area contributed by atoms with Gasteiger partial charge < -0.3 is 14.8 Å². The van der Waals surface area contributed by atoms with Crippen LogP contribution in [0.1, 0.15) is 5.56 Å². The minimum Gasteiger partial charge on any atom is -0.493 e. The van der Waals surface area contributed by atoms with Crippen molar-refractivity contribution >= 4 is 21.4 Å². The highest BCUT2D eigenvalue weighted by Gasteiger charge is 2.17. The lowest BCUT2D eigenvalue weighted by atomic mass is 10.2. The van der Waals surface area contributed by atoms with Crippen LogP contribution in [0.3, 0.4) is 0 Å². The lowest BCUT2D eigenvalue weighted by Crippen LogP contribution is -2.13. The monoisotopic (exact) mass is 399 g/mol. The molecule has 0 fully saturated rings. The average Bonchev–Trinajstić information content (AvgIpc) is 2.73. The molecule has 8 heteroatoms. The first-order valence-corrected chi connectivity index (χ1v) is 9.98. The molecule has 1 aromatic heterocycles. The Morgan fingerprint density at radius 3 is 2.29 bits per heavy atom. The van der Waals surface area contributed by atoms with Crippen LogP contribution in [0.5, 0.6) is 11.5 Å². The number of ether oxygens (including phenoxy) is 2. The lowest BCUT2D eigenvalue weighted by molar-refractivity contribution is 0.354. The molecule has 0 aliphatic heterocycles. The molecule has 0 aliphatic carbocycles. The first kappa shape index (κ1) is 19.5. The number of nitrogens with one attached hydrogen (secondary N) is 2. The second-order valence-corrected chi connectivity index (χ2v) is 7.60. The van der Waals surface area contributed by atoms with Gasteiger partial charge in [-0.25, -0.2) is 8.42 Å². The molecule has 0 unspecified atom stereocenters. The third kappa shape index (κ3) is 4.72. The number of benzene rings is 2. The number of hydrogen-bond donors (Lipinski definition) is 2. The highest BCUT2D eigenvalue weighted by atomic mass is 32.2. The van der Waals surface area contributed by atoms with Crippen molar-refractivity contribution in [2.75, 3.05) is 24.3 Å². The molecule has 0 aliphatic rings. The van der Waals surface area contributed by atoms with Gasteiger partial charge >= 0.3 is 0 Å². The summed E-state index contributed by atoms with van der Waals surface area (Å²) in [6, 6.07) is 15.3. The minimum atomic E-state index is -3.75. The highest BCUT2D eigenvalue weighted by Crippen LogP contribution is 2.30. The second kappa shape index (κ2) is 8.62. The molecule has 0 saturated heterocycles. The summed E-state index contributed by atoms with van der Waals surface area (Å²) in [6.45, 7) is 0.630. The number of nitrogens with zero attached hydrogens (tertiary/aromatic N) is 1. The number of aromatic nitrogens is 1. The molecule has 7 nitrogen and oxygen atoms in total. The van der Waals surface area contributed by atoms with E-state index in [9.17, 15) is 8.42 Å². The molecular formula is C20H21N3O4S. The predicted molar refractivity (Wildman–Crippen MR) is 108 cm³/mol. The first-order chi connectivity index (χ1) is 13.5. The Bertz CT molecular complexity index is 1020. The molecule has 28 heavy (non-hydrogen) atoms. The van der Waals surface area contributed by atoms with E-state index >= 15 is 0 Å². The predicted octanol–water partition coefficient (Wildman–Crippen LogP) is 3.51. The smallest absolute Gasteiger partial charge is 0.262 e. The van der Waals surface area contributed by atoms with Crippen molar-refractivity contribution in [2.24, 2.45) is 0 Å². The molecule has 0 saturated carbocycles. The summed E-state index contributed by atoms with van der Waals surface area (Å²) in [5.74, 6) is 0.811. The number of rotatable bonds is 8. The van der Waals surface area contributed by atoms with Crippen LogP contribution < -0.4 is 19.5 Å². The summed E-state index contributed by atoms with van der Waals surface area (Å²) in [7, 11) is -0.802. The van der Waals surface area contributed by atoms with E-state index in [0.717, 1.165) is 11.3 Å². The van der Waals surface area contributed by atoms with E-state index in [1.54, 1.807) is 30.6 Å². The zero-order valence-electron chi connectivity index (χ0n) is 15.5. The molecule has 3 rings (SSSR count). The second-order valence-electron chi connectivity index (χ2n) is 5.91. The molecule has 0 amide bonds. The number of methoxy groups -OCH3 is 2. The van der Waals surface area contributed by atoms with Crippen molar-refractivity contribution in [1.82, 2.24) is 4.98 Å². The van der Waals surface area contributed by atoms with Crippen molar-refractivity contribution in [3.05, 3.63) is 72.6 Å². The van der Waals surface area contributed by atoms with Crippen LogP contribution in [0.15, 0.2) is 71.9 Å². The van der Waals surface area contributed by atoms with Gasteiger partial charge in [0.2, 0.25) is 0 Å². The van der Waals surface area contributed by atoms with Crippen LogP contribution >= 0.6 is 0 Å². The Balaban J connectivity index is 1.69. The van der Waals surface area contributed by atoms with Gasteiger partial charge in [-0.05, 0) is 48.0 Å². The fourth-order valence-corrected chi connectivity index (χ4v) is 3.63. The van der Waals surface area contributed by atoms with E-state index in [2.05, 4.69) is 15.0 Å². The Morgan fingerprint density at radius 1 is 0.929 bits per heavy atom. The van der Waals surface area contributed by atoms with Gasteiger partial charge in [-0.2, -0.15) is 0 Å². The average molecular weight is 399 g/mol. The summed E-state index contributed by atoms with van der Waals surface area (Å²) in [4.78, 5) is 4.16. The number of hydrogen-bond acceptors (Lipinski definition) is 6. The SMILES string of the molecule is COc1ccc(S(=O)(=O)Nc2ccc(NCc3cccnc3)cc2)cc1OC. The molecular weight excluding hydrogens is 378 g/mol. The molecule has 1 heterocycles. The van der Waals surface area contributed by atoms with Gasteiger partial charge in [0, 0.05) is 36.4 Å². The lowest BCUT2D eigenvalue weighted by Gasteiger charge is -2.12. The molecule has 0 atom stereocenters. The van der Waals surface area contributed by atoms with Gasteiger partial charge in [-0.3, -0.25) is 9.71 Å². The largest absolute Gasteiger partial charge is 0.493 e. The highest BCUT2D eigenvalue weighted by molar-refractivity contribution is 7.92. The molecule has 2 aromatic carbocycles. The molecule has 0 bridgehead atoms. The number of anilines is 2. The van der Waals surface area contributed by atoms with Gasteiger partial charge in [0.25, 0.3) is 10.0 Å². The molecule has 146 valence electrons. The van der Waals surface area contributed by atoms with E-state index in [0.29, 0.717) is 23.7 Å². The summed E-state index contributed by atoms with van der Waals surface area (Å²) < 4.78 is 38.1. The van der Waals surface area contributed by atoms with Crippen LogP contribution in [0.25, 0.3) is 0 Å². The first-order valence-electron chi connectivity index (χ1n) is 8.49. The van der Waals surface area contributed by atoms with Crippen molar-refractivity contribution in [3.63, 3.8) is 0 Å². The Hall–Kier alpha value is -3.26. The molecule has 0 radical (unpaired) electrons. The molecule has 2 N–H and O–H groups in total. The third-order valence-electron chi connectivity index (χ3n) is 4.02. The van der Waals surface area contributed by atoms with Crippen molar-refractivity contribution in [2.45, 2.75) is 11.4 Å². The van der Waals surface area contributed by atoms with E-state index in [-0.39, 0.29) is 4.90 Å². The third-order valence-corrected chi connectivity index (χ3v) is 5.40. The van der Waals surface area contributed by atoms with Crippen LogP contribution in [0.2, 0.25) is 0 Å². The Kier molecular flexibility index (Phi) is 6.00. The van der Waals surface area contributed by atoms with Crippen LogP contribution in [0, 0.1) is 0 Å². The van der Waals surface area contributed by atoms with E-state index in [1.807, 2.05) is 24.3 Å². The van der Waals surface area contributed by atoms with Crippen molar-refractivity contribution in [1.29, 1.82) is 0 Å². The topological polar surface area (TPSA) is 89.6 Å². The van der Waals surface area contributed by atoms with Crippen LogP contribution in [-0.4, -0.2) is 27.6 Å².